The first-order chi connectivity index (χ1) is 8.02. The maximum atomic E-state index is 9.99. The minimum absolute atomic E-state index is 0.281. The fourth-order valence-electron chi connectivity index (χ4n) is 2.20. The van der Waals surface area contributed by atoms with Gasteiger partial charge in [-0.25, -0.2) is 0 Å². The van der Waals surface area contributed by atoms with Gasteiger partial charge < -0.3 is 5.11 Å². The van der Waals surface area contributed by atoms with Crippen LogP contribution < -0.4 is 0 Å². The Hall–Kier alpha value is -0.380. The van der Waals surface area contributed by atoms with Gasteiger partial charge in [-0.05, 0) is 58.5 Å². The van der Waals surface area contributed by atoms with Crippen molar-refractivity contribution < 1.29 is 5.11 Å². The van der Waals surface area contributed by atoms with Crippen LogP contribution in [0, 0.1) is 0 Å². The monoisotopic (exact) mass is 255 g/mol. The molecule has 0 aromatic carbocycles. The van der Waals surface area contributed by atoms with Gasteiger partial charge in [0.15, 0.2) is 0 Å². The molecule has 0 fully saturated rings. The summed E-state index contributed by atoms with van der Waals surface area (Å²) in [6.45, 7) is 9.99. The van der Waals surface area contributed by atoms with Gasteiger partial charge in [0.1, 0.15) is 0 Å². The van der Waals surface area contributed by atoms with Crippen molar-refractivity contribution in [2.45, 2.75) is 58.7 Å². The zero-order valence-corrected chi connectivity index (χ0v) is 12.2. The Bertz CT molecular complexity index is 287. The second-order valence-corrected chi connectivity index (χ2v) is 6.08. The lowest BCUT2D eigenvalue weighted by Gasteiger charge is -2.30. The number of rotatable bonds is 7. The zero-order chi connectivity index (χ0) is 12.8. The van der Waals surface area contributed by atoms with E-state index in [1.54, 1.807) is 11.3 Å². The molecule has 98 valence electrons. The van der Waals surface area contributed by atoms with Gasteiger partial charge in [-0.2, -0.15) is 0 Å². The molecular formula is C14H25NOS. The summed E-state index contributed by atoms with van der Waals surface area (Å²) < 4.78 is 0. The van der Waals surface area contributed by atoms with E-state index in [2.05, 4.69) is 32.6 Å². The number of thiophene rings is 1. The summed E-state index contributed by atoms with van der Waals surface area (Å²) in [5.41, 5.74) is 0. The first kappa shape index (κ1) is 14.7. The first-order valence-corrected chi connectivity index (χ1v) is 7.37. The molecule has 0 bridgehead atoms. The van der Waals surface area contributed by atoms with E-state index in [1.807, 2.05) is 17.5 Å². The number of aliphatic hydroxyl groups excluding tert-OH is 1. The zero-order valence-electron chi connectivity index (χ0n) is 11.4. The Morgan fingerprint density at radius 2 is 1.88 bits per heavy atom. The molecule has 0 unspecified atom stereocenters. The lowest BCUT2D eigenvalue weighted by atomic mass is 10.1. The highest BCUT2D eigenvalue weighted by Gasteiger charge is 2.14. The highest BCUT2D eigenvalue weighted by Crippen LogP contribution is 2.23. The van der Waals surface area contributed by atoms with E-state index >= 15 is 0 Å². The molecule has 1 rings (SSSR count). The standard InChI is InChI=1S/C14H25NOS/c1-11(2)15(12(3)4)9-5-7-13(16)14-8-6-10-17-14/h6,8,10-13,16H,5,7,9H2,1-4H3/t13-/m0/s1. The number of hydrogen-bond donors (Lipinski definition) is 1. The van der Waals surface area contributed by atoms with Gasteiger partial charge in [-0.15, -0.1) is 11.3 Å². The van der Waals surface area contributed by atoms with Crippen LogP contribution in [0.4, 0.5) is 0 Å². The van der Waals surface area contributed by atoms with E-state index < -0.39 is 0 Å². The third-order valence-corrected chi connectivity index (χ3v) is 4.07. The molecule has 3 heteroatoms. The third-order valence-electron chi connectivity index (χ3n) is 3.09. The Morgan fingerprint density at radius 1 is 1.24 bits per heavy atom. The lowest BCUT2D eigenvalue weighted by molar-refractivity contribution is 0.137. The average Bonchev–Trinajstić information content (AvgIpc) is 2.76. The summed E-state index contributed by atoms with van der Waals surface area (Å²) in [4.78, 5) is 3.56. The molecule has 0 aliphatic carbocycles. The van der Waals surface area contributed by atoms with Gasteiger partial charge in [0.25, 0.3) is 0 Å². The Morgan fingerprint density at radius 3 is 2.35 bits per heavy atom. The van der Waals surface area contributed by atoms with Crippen molar-refractivity contribution in [1.29, 1.82) is 0 Å². The molecule has 1 atom stereocenters. The molecular weight excluding hydrogens is 230 g/mol. The molecule has 2 nitrogen and oxygen atoms in total. The summed E-state index contributed by atoms with van der Waals surface area (Å²) in [6.07, 6.45) is 1.63. The summed E-state index contributed by atoms with van der Waals surface area (Å²) >= 11 is 1.64. The van der Waals surface area contributed by atoms with Crippen LogP contribution in [-0.4, -0.2) is 28.6 Å². The minimum Gasteiger partial charge on any atom is -0.388 e. The molecule has 0 aliphatic heterocycles. The highest BCUT2D eigenvalue weighted by molar-refractivity contribution is 7.10. The van der Waals surface area contributed by atoms with Crippen molar-refractivity contribution in [2.24, 2.45) is 0 Å². The summed E-state index contributed by atoms with van der Waals surface area (Å²) in [7, 11) is 0. The smallest absolute Gasteiger partial charge is 0.0882 e. The van der Waals surface area contributed by atoms with Crippen molar-refractivity contribution in [3.05, 3.63) is 22.4 Å². The van der Waals surface area contributed by atoms with Crippen molar-refractivity contribution in [2.75, 3.05) is 6.54 Å². The molecule has 1 heterocycles. The van der Waals surface area contributed by atoms with E-state index in [0.717, 1.165) is 24.3 Å². The molecule has 1 aromatic rings. The fourth-order valence-corrected chi connectivity index (χ4v) is 2.95. The number of aliphatic hydroxyl groups is 1. The molecule has 1 aromatic heterocycles. The van der Waals surface area contributed by atoms with Gasteiger partial charge >= 0.3 is 0 Å². The van der Waals surface area contributed by atoms with Crippen molar-refractivity contribution in [1.82, 2.24) is 4.90 Å². The average molecular weight is 255 g/mol. The van der Waals surface area contributed by atoms with Gasteiger partial charge in [0, 0.05) is 17.0 Å². The molecule has 17 heavy (non-hydrogen) atoms. The van der Waals surface area contributed by atoms with Crippen molar-refractivity contribution in [3.8, 4) is 0 Å². The third kappa shape index (κ3) is 4.78. The van der Waals surface area contributed by atoms with Crippen LogP contribution in [0.1, 0.15) is 51.5 Å². The number of nitrogens with zero attached hydrogens (tertiary/aromatic N) is 1. The fraction of sp³-hybridized carbons (Fsp3) is 0.714. The van der Waals surface area contributed by atoms with Gasteiger partial charge in [-0.1, -0.05) is 6.07 Å². The van der Waals surface area contributed by atoms with Crippen LogP contribution in [0.25, 0.3) is 0 Å². The largest absolute Gasteiger partial charge is 0.388 e. The van der Waals surface area contributed by atoms with E-state index in [1.165, 1.54) is 0 Å². The second kappa shape index (κ2) is 7.14. The van der Waals surface area contributed by atoms with Crippen LogP contribution in [0.5, 0.6) is 0 Å². The molecule has 1 N–H and O–H groups in total. The maximum absolute atomic E-state index is 9.99. The molecule has 0 amide bonds. The normalized spacial score (nSPS) is 13.9. The summed E-state index contributed by atoms with van der Waals surface area (Å²) in [5, 5.41) is 12.0. The molecule has 0 spiro atoms. The van der Waals surface area contributed by atoms with Crippen LogP contribution >= 0.6 is 11.3 Å². The SMILES string of the molecule is CC(C)N(CCC[C@H](O)c1cccs1)C(C)C. The topological polar surface area (TPSA) is 23.5 Å². The highest BCUT2D eigenvalue weighted by atomic mass is 32.1. The van der Waals surface area contributed by atoms with E-state index in [0.29, 0.717) is 12.1 Å². The van der Waals surface area contributed by atoms with E-state index in [9.17, 15) is 5.11 Å². The van der Waals surface area contributed by atoms with Crippen molar-refractivity contribution in [3.63, 3.8) is 0 Å². The minimum atomic E-state index is -0.281. The Kier molecular flexibility index (Phi) is 6.17. The maximum Gasteiger partial charge on any atom is 0.0882 e. The Labute approximate surface area is 109 Å². The van der Waals surface area contributed by atoms with Crippen LogP contribution in [0.2, 0.25) is 0 Å². The van der Waals surface area contributed by atoms with Crippen LogP contribution in [0.3, 0.4) is 0 Å². The predicted octanol–water partition coefficient (Wildman–Crippen LogP) is 3.68. The Balaban J connectivity index is 2.31. The van der Waals surface area contributed by atoms with E-state index in [4.69, 9.17) is 0 Å². The lowest BCUT2D eigenvalue weighted by Crippen LogP contribution is -2.37. The molecule has 0 saturated carbocycles. The second-order valence-electron chi connectivity index (χ2n) is 5.10. The van der Waals surface area contributed by atoms with Gasteiger partial charge in [0.2, 0.25) is 0 Å². The molecule has 0 radical (unpaired) electrons. The van der Waals surface area contributed by atoms with E-state index in [-0.39, 0.29) is 6.10 Å². The van der Waals surface area contributed by atoms with Gasteiger partial charge in [0.05, 0.1) is 6.10 Å². The summed E-state index contributed by atoms with van der Waals surface area (Å²) in [5.74, 6) is 0. The summed E-state index contributed by atoms with van der Waals surface area (Å²) in [6, 6.07) is 5.17. The molecule has 0 aliphatic rings. The van der Waals surface area contributed by atoms with Gasteiger partial charge in [-0.3, -0.25) is 4.90 Å². The van der Waals surface area contributed by atoms with Crippen LogP contribution in [0.15, 0.2) is 17.5 Å². The van der Waals surface area contributed by atoms with Crippen LogP contribution in [-0.2, 0) is 0 Å². The predicted molar refractivity (Wildman–Crippen MR) is 75.5 cm³/mol. The number of hydrogen-bond acceptors (Lipinski definition) is 3. The molecule has 0 saturated heterocycles. The van der Waals surface area contributed by atoms with Crippen molar-refractivity contribution >= 4 is 11.3 Å². The quantitative estimate of drug-likeness (QED) is 0.803. The first-order valence-electron chi connectivity index (χ1n) is 6.49.